The Hall–Kier alpha value is -2.14. The van der Waals surface area contributed by atoms with Crippen LogP contribution in [0.2, 0.25) is 0 Å². The minimum Gasteiger partial charge on any atom is -0.484 e. The van der Waals surface area contributed by atoms with E-state index in [1.54, 1.807) is 0 Å². The number of carbonyl (C=O) groups excluding carboxylic acids is 3. The summed E-state index contributed by atoms with van der Waals surface area (Å²) in [6.45, 7) is 47.6. The van der Waals surface area contributed by atoms with Crippen LogP contribution < -0.4 is 16.4 Å². The molecule has 0 aromatic carbocycles. The maximum Gasteiger partial charge on any atom is 0.308 e. The SMILES string of the molecule is CC(C)CC(=O)C(C)C.CC(C)N=C(N)C(C)C.CC(C)NC(=O)C(C)C.CC(C)NC(=S)C(C)C.CC(C)OC(=O)C(C)C.CC(C)OC(=S)C(C)C. The first kappa shape index (κ1) is 63.8. The fourth-order valence-electron chi connectivity index (χ4n) is 2.72. The molecule has 0 radical (unpaired) electrons. The van der Waals surface area contributed by atoms with Gasteiger partial charge in [0.25, 0.3) is 0 Å². The lowest BCUT2D eigenvalue weighted by atomic mass is 9.99. The smallest absolute Gasteiger partial charge is 0.308 e. The van der Waals surface area contributed by atoms with Crippen LogP contribution in [0.3, 0.4) is 0 Å². The zero-order valence-corrected chi connectivity index (χ0v) is 41.2. The minimum atomic E-state index is -0.120. The summed E-state index contributed by atoms with van der Waals surface area (Å²) in [5.41, 5.74) is 5.57. The lowest BCUT2D eigenvalue weighted by Crippen LogP contribution is -2.33. The van der Waals surface area contributed by atoms with Crippen molar-refractivity contribution in [3.63, 3.8) is 0 Å². The number of ether oxygens (including phenoxy) is 2. The number of esters is 1. The molecule has 0 aliphatic carbocycles. The van der Waals surface area contributed by atoms with Gasteiger partial charge in [0, 0.05) is 54.1 Å². The van der Waals surface area contributed by atoms with E-state index in [2.05, 4.69) is 57.2 Å². The first-order valence-electron chi connectivity index (χ1n) is 20.1. The molecular weight excluding hydrogens is 717 g/mol. The van der Waals surface area contributed by atoms with E-state index in [-0.39, 0.29) is 47.9 Å². The predicted molar refractivity (Wildman–Crippen MR) is 244 cm³/mol. The van der Waals surface area contributed by atoms with Crippen LogP contribution in [-0.4, -0.2) is 63.9 Å². The summed E-state index contributed by atoms with van der Waals surface area (Å²) in [4.78, 5) is 37.7. The lowest BCUT2D eigenvalue weighted by molar-refractivity contribution is -0.151. The van der Waals surface area contributed by atoms with Gasteiger partial charge in [0.1, 0.15) is 5.78 Å². The summed E-state index contributed by atoms with van der Waals surface area (Å²) >= 11 is 9.98. The highest BCUT2D eigenvalue weighted by Crippen LogP contribution is 2.06. The van der Waals surface area contributed by atoms with Gasteiger partial charge in [0.05, 0.1) is 28.9 Å². The van der Waals surface area contributed by atoms with Gasteiger partial charge < -0.3 is 25.8 Å². The number of aliphatic imine (C=N–C) groups is 1. The Balaban J connectivity index is -0.000000128. The van der Waals surface area contributed by atoms with Crippen molar-refractivity contribution in [3.8, 4) is 0 Å². The number of hydrogen-bond acceptors (Lipinski definition) is 8. The molecule has 0 aromatic rings. The number of nitrogens with two attached hydrogens (primary N) is 1. The third kappa shape index (κ3) is 56.6. The van der Waals surface area contributed by atoms with Crippen LogP contribution in [0.5, 0.6) is 0 Å². The first-order valence-corrected chi connectivity index (χ1v) is 20.9. The summed E-state index contributed by atoms with van der Waals surface area (Å²) in [5.74, 6) is 3.19. The van der Waals surface area contributed by atoms with Crippen molar-refractivity contribution in [2.24, 2.45) is 52.2 Å². The summed E-state index contributed by atoms with van der Waals surface area (Å²) in [6.07, 6.45) is 0.970. The molecule has 0 atom stereocenters. The maximum atomic E-state index is 11.0. The molecule has 0 aliphatic rings. The molecule has 324 valence electrons. The number of amides is 1. The number of amidine groups is 1. The second kappa shape index (κ2) is 37.8. The van der Waals surface area contributed by atoms with Crippen LogP contribution in [-0.2, 0) is 23.9 Å². The normalized spacial score (nSPS) is 11.0. The van der Waals surface area contributed by atoms with E-state index in [1.807, 2.05) is 125 Å². The van der Waals surface area contributed by atoms with Gasteiger partial charge in [-0.05, 0) is 87.4 Å². The quantitative estimate of drug-likeness (QED) is 0.0720. The molecule has 0 saturated carbocycles. The monoisotopic (exact) mass is 807 g/mol. The Labute approximate surface area is 346 Å². The summed E-state index contributed by atoms with van der Waals surface area (Å²) in [5, 5.41) is 6.69. The third-order valence-corrected chi connectivity index (χ3v) is 6.97. The van der Waals surface area contributed by atoms with E-state index < -0.39 is 0 Å². The van der Waals surface area contributed by atoms with Crippen LogP contribution in [0.1, 0.15) is 173 Å². The number of nitrogens with zero attached hydrogens (tertiary/aromatic N) is 1. The van der Waals surface area contributed by atoms with E-state index in [0.29, 0.717) is 46.6 Å². The van der Waals surface area contributed by atoms with Gasteiger partial charge in [-0.2, -0.15) is 0 Å². The van der Waals surface area contributed by atoms with Gasteiger partial charge in [0.15, 0.2) is 5.05 Å². The van der Waals surface area contributed by atoms with Gasteiger partial charge in [-0.15, -0.1) is 0 Å². The van der Waals surface area contributed by atoms with E-state index in [9.17, 15) is 14.4 Å². The Morgan fingerprint density at radius 2 is 0.944 bits per heavy atom. The van der Waals surface area contributed by atoms with E-state index >= 15 is 0 Å². The summed E-state index contributed by atoms with van der Waals surface area (Å²) < 4.78 is 10.1. The number of nitrogens with one attached hydrogen (secondary N) is 2. The zero-order chi connectivity index (χ0) is 44.6. The second-order valence-corrected chi connectivity index (χ2v) is 17.8. The molecular formula is C43H90N4O5S2. The number of rotatable bonds is 13. The highest BCUT2D eigenvalue weighted by Gasteiger charge is 2.10. The van der Waals surface area contributed by atoms with Crippen molar-refractivity contribution < 1.29 is 23.9 Å². The molecule has 0 saturated heterocycles. The van der Waals surface area contributed by atoms with E-state index in [1.165, 1.54) is 0 Å². The first-order chi connectivity index (χ1) is 24.2. The van der Waals surface area contributed by atoms with Crippen molar-refractivity contribution in [1.82, 2.24) is 10.6 Å². The molecule has 0 aliphatic heterocycles. The molecule has 0 heterocycles. The molecule has 4 N–H and O–H groups in total. The molecule has 1 amide bonds. The molecule has 9 nitrogen and oxygen atoms in total. The molecule has 0 fully saturated rings. The summed E-state index contributed by atoms with van der Waals surface area (Å²) in [7, 11) is 0. The van der Waals surface area contributed by atoms with Crippen molar-refractivity contribution in [1.29, 1.82) is 0 Å². The topological polar surface area (TPSA) is 132 Å². The number of Topliss-reactive ketones (excluding diaryl/α,β-unsaturated/α-hetero) is 1. The standard InChI is InChI=1S/C8H16O.C7H16N2.C7H15NO.C7H15NS.C7H14O2.C7H14OS/c1-6(2)5-8(9)7(3)4;1-5(2)7(8)9-6(3)4;2*1-5(2)7(9)8-6(3)4;1-5(2)7(8)9-6(3)4;1-5(2)7(9)8-6(3)4/h6-7H,5H2,1-4H3;5-6H,1-4H3,(H2,8,9);2*5-6H,1-4H3,(H,8,9);2*5-6H,1-4H3. The number of carbonyl (C=O) groups is 3. The van der Waals surface area contributed by atoms with Gasteiger partial charge in [-0.1, -0.05) is 109 Å². The molecule has 0 unspecified atom stereocenters. The Bertz CT molecular complexity index is 851. The fraction of sp³-hybridized carbons (Fsp3) is 0.860. The average molecular weight is 807 g/mol. The van der Waals surface area contributed by atoms with E-state index in [4.69, 9.17) is 39.6 Å². The predicted octanol–water partition coefficient (Wildman–Crippen LogP) is 10.8. The second-order valence-electron chi connectivity index (χ2n) is 16.9. The summed E-state index contributed by atoms with van der Waals surface area (Å²) in [6, 6.07) is 1.06. The van der Waals surface area contributed by atoms with Crippen LogP contribution in [0.4, 0.5) is 0 Å². The molecule has 0 spiro atoms. The van der Waals surface area contributed by atoms with Gasteiger partial charge in [-0.3, -0.25) is 19.4 Å². The molecule has 0 rings (SSSR count). The van der Waals surface area contributed by atoms with E-state index in [0.717, 1.165) is 17.2 Å². The Morgan fingerprint density at radius 1 is 0.537 bits per heavy atom. The number of ketones is 1. The maximum absolute atomic E-state index is 11.0. The molecule has 54 heavy (non-hydrogen) atoms. The number of thiocarbonyl (C=S) groups is 2. The highest BCUT2D eigenvalue weighted by atomic mass is 32.1. The van der Waals surface area contributed by atoms with Crippen molar-refractivity contribution in [2.45, 2.75) is 203 Å². The molecule has 0 aromatic heterocycles. The van der Waals surface area contributed by atoms with Gasteiger partial charge >= 0.3 is 5.97 Å². The van der Waals surface area contributed by atoms with Gasteiger partial charge in [-0.25, -0.2) is 0 Å². The van der Waals surface area contributed by atoms with Crippen molar-refractivity contribution in [3.05, 3.63) is 0 Å². The Kier molecular flexibility index (Phi) is 44.6. The lowest BCUT2D eigenvalue weighted by Gasteiger charge is -2.13. The van der Waals surface area contributed by atoms with Crippen LogP contribution in [0, 0.1) is 41.4 Å². The molecule has 11 heteroatoms. The zero-order valence-electron chi connectivity index (χ0n) is 39.5. The largest absolute Gasteiger partial charge is 0.484 e. The van der Waals surface area contributed by atoms with Crippen LogP contribution >= 0.6 is 24.4 Å². The van der Waals surface area contributed by atoms with Crippen molar-refractivity contribution in [2.75, 3.05) is 0 Å². The van der Waals surface area contributed by atoms with Crippen LogP contribution in [0.15, 0.2) is 4.99 Å². The third-order valence-electron chi connectivity index (χ3n) is 5.81. The van der Waals surface area contributed by atoms with Gasteiger partial charge in [0.2, 0.25) is 5.91 Å². The Morgan fingerprint density at radius 3 is 1.06 bits per heavy atom. The highest BCUT2D eigenvalue weighted by molar-refractivity contribution is 7.80. The fourth-order valence-corrected chi connectivity index (χ4v) is 3.15. The molecule has 0 bridgehead atoms. The van der Waals surface area contributed by atoms with Crippen molar-refractivity contribution >= 4 is 58.0 Å². The van der Waals surface area contributed by atoms with Crippen LogP contribution in [0.25, 0.3) is 0 Å². The average Bonchev–Trinajstić information content (AvgIpc) is 2.96. The minimum absolute atomic E-state index is 0.00704. The number of hydrogen-bond donors (Lipinski definition) is 3.